The number of aromatic amines is 1. The number of anilines is 4. The summed E-state index contributed by atoms with van der Waals surface area (Å²) in [6, 6.07) is 14.7. The number of carbonyl (C=O) groups is 1. The lowest BCUT2D eigenvalue weighted by Gasteiger charge is -2.35. The van der Waals surface area contributed by atoms with Crippen LogP contribution in [-0.2, 0) is 0 Å². The lowest BCUT2D eigenvalue weighted by molar-refractivity contribution is 0.104. The van der Waals surface area contributed by atoms with Crippen molar-refractivity contribution in [2.45, 2.75) is 38.8 Å². The molecule has 2 aromatic heterocycles. The second-order valence-electron chi connectivity index (χ2n) is 11.7. The van der Waals surface area contributed by atoms with Crippen LogP contribution in [0.25, 0.3) is 11.0 Å². The summed E-state index contributed by atoms with van der Waals surface area (Å²) >= 11 is 0. The first-order valence-electron chi connectivity index (χ1n) is 14.8. The number of ketones is 1. The fourth-order valence-corrected chi connectivity index (χ4v) is 5.83. The van der Waals surface area contributed by atoms with E-state index in [1.54, 1.807) is 6.20 Å². The van der Waals surface area contributed by atoms with Crippen molar-refractivity contribution in [3.05, 3.63) is 71.7 Å². The Kier molecular flexibility index (Phi) is 8.08. The van der Waals surface area contributed by atoms with Crippen molar-refractivity contribution in [1.29, 1.82) is 0 Å². The van der Waals surface area contributed by atoms with Crippen LogP contribution in [0, 0.1) is 5.82 Å². The summed E-state index contributed by atoms with van der Waals surface area (Å²) in [6.45, 7) is 10.6. The third-order valence-electron chi connectivity index (χ3n) is 8.48. The molecule has 2 aromatic carbocycles. The van der Waals surface area contributed by atoms with E-state index in [-0.39, 0.29) is 17.6 Å². The minimum Gasteiger partial charge on any atom is -0.369 e. The number of hydrogen-bond donors (Lipinski definition) is 3. The van der Waals surface area contributed by atoms with E-state index in [1.165, 1.54) is 30.0 Å². The van der Waals surface area contributed by atoms with E-state index in [0.29, 0.717) is 40.0 Å². The highest BCUT2D eigenvalue weighted by Gasteiger charge is 2.25. The van der Waals surface area contributed by atoms with Gasteiger partial charge in [-0.2, -0.15) is 9.97 Å². The highest BCUT2D eigenvalue weighted by Crippen LogP contribution is 2.31. The highest BCUT2D eigenvalue weighted by atomic mass is 19.1. The Morgan fingerprint density at radius 3 is 2.31 bits per heavy atom. The van der Waals surface area contributed by atoms with Gasteiger partial charge in [-0.3, -0.25) is 4.79 Å². The van der Waals surface area contributed by atoms with E-state index < -0.39 is 0 Å². The standard InChI is InChI=1S/C32H39FN8O/c1-21(2)40-14-12-25(13-15-40)35-31-28-27(29(42)22-4-6-23(33)7-5-22)20-34-30(28)37-32(38-31)36-24-8-10-26(11-9-24)41-18-16-39(3)17-19-41/h4-11,20-21,25H,12-19H2,1-3H3,(H3,34,35,36,37,38). The average molecular weight is 571 g/mol. The SMILES string of the molecule is CC(C)N1CCC(Nc2nc(Nc3ccc(N4CCN(C)CC4)cc3)nc3[nH]cc(C(=O)c4ccc(F)cc4)c23)CC1. The molecular weight excluding hydrogens is 531 g/mol. The molecule has 0 saturated carbocycles. The van der Waals surface area contributed by atoms with E-state index in [1.807, 2.05) is 12.1 Å². The molecule has 0 atom stereocenters. The van der Waals surface area contributed by atoms with Gasteiger partial charge in [0.15, 0.2) is 5.78 Å². The molecule has 0 aliphatic carbocycles. The Morgan fingerprint density at radius 1 is 0.952 bits per heavy atom. The van der Waals surface area contributed by atoms with Crippen LogP contribution in [0.4, 0.5) is 27.5 Å². The van der Waals surface area contributed by atoms with Crippen LogP contribution in [0.5, 0.6) is 0 Å². The van der Waals surface area contributed by atoms with Gasteiger partial charge in [-0.25, -0.2) is 4.39 Å². The van der Waals surface area contributed by atoms with E-state index in [4.69, 9.17) is 9.97 Å². The molecular formula is C32H39FN8O. The number of hydrogen-bond acceptors (Lipinski definition) is 8. The van der Waals surface area contributed by atoms with Gasteiger partial charge in [0.1, 0.15) is 17.3 Å². The molecule has 9 nitrogen and oxygen atoms in total. The number of nitrogens with zero attached hydrogens (tertiary/aromatic N) is 5. The van der Waals surface area contributed by atoms with Gasteiger partial charge in [0.05, 0.1) is 10.9 Å². The van der Waals surface area contributed by atoms with Crippen LogP contribution in [0.3, 0.4) is 0 Å². The quantitative estimate of drug-likeness (QED) is 0.252. The molecule has 0 unspecified atom stereocenters. The molecule has 3 N–H and O–H groups in total. The second-order valence-corrected chi connectivity index (χ2v) is 11.7. The molecule has 4 aromatic rings. The van der Waals surface area contributed by atoms with Gasteiger partial charge in [-0.1, -0.05) is 0 Å². The fourth-order valence-electron chi connectivity index (χ4n) is 5.83. The molecule has 10 heteroatoms. The van der Waals surface area contributed by atoms with Crippen LogP contribution < -0.4 is 15.5 Å². The smallest absolute Gasteiger partial charge is 0.231 e. The van der Waals surface area contributed by atoms with Crippen molar-refractivity contribution in [2.75, 3.05) is 61.8 Å². The van der Waals surface area contributed by atoms with Gasteiger partial charge in [0.2, 0.25) is 5.95 Å². The highest BCUT2D eigenvalue weighted by molar-refractivity contribution is 6.18. The summed E-state index contributed by atoms with van der Waals surface area (Å²) in [7, 11) is 2.16. The summed E-state index contributed by atoms with van der Waals surface area (Å²) in [5.41, 5.74) is 3.53. The second kappa shape index (κ2) is 12.1. The molecule has 2 saturated heterocycles. The molecule has 2 aliphatic rings. The Labute approximate surface area is 246 Å². The van der Waals surface area contributed by atoms with Crippen molar-refractivity contribution in [3.8, 4) is 0 Å². The number of rotatable bonds is 8. The molecule has 220 valence electrons. The van der Waals surface area contributed by atoms with E-state index in [0.717, 1.165) is 57.8 Å². The van der Waals surface area contributed by atoms with Crippen molar-refractivity contribution in [2.24, 2.45) is 0 Å². The maximum atomic E-state index is 13.5. The first kappa shape index (κ1) is 28.1. The maximum Gasteiger partial charge on any atom is 0.231 e. The van der Waals surface area contributed by atoms with Crippen LogP contribution in [0.1, 0.15) is 42.6 Å². The largest absolute Gasteiger partial charge is 0.369 e. The minimum atomic E-state index is -0.379. The van der Waals surface area contributed by atoms with Crippen molar-refractivity contribution < 1.29 is 9.18 Å². The molecule has 2 fully saturated rings. The summed E-state index contributed by atoms with van der Waals surface area (Å²) < 4.78 is 13.5. The molecule has 0 amide bonds. The monoisotopic (exact) mass is 570 g/mol. The number of nitrogens with one attached hydrogen (secondary N) is 3. The van der Waals surface area contributed by atoms with Crippen molar-refractivity contribution in [1.82, 2.24) is 24.8 Å². The first-order valence-corrected chi connectivity index (χ1v) is 14.8. The predicted octanol–water partition coefficient (Wildman–Crippen LogP) is 5.11. The average Bonchev–Trinajstić information content (AvgIpc) is 3.43. The molecule has 0 radical (unpaired) electrons. The number of piperidine rings is 1. The Hall–Kier alpha value is -4.02. The summed E-state index contributed by atoms with van der Waals surface area (Å²) in [5.74, 6) is 0.477. The van der Waals surface area contributed by atoms with Crippen LogP contribution >= 0.6 is 0 Å². The predicted molar refractivity (Wildman–Crippen MR) is 167 cm³/mol. The van der Waals surface area contributed by atoms with Crippen molar-refractivity contribution in [3.63, 3.8) is 0 Å². The van der Waals surface area contributed by atoms with E-state index >= 15 is 0 Å². The number of likely N-dealkylation sites (N-methyl/N-ethyl adjacent to an activating group) is 1. The van der Waals surface area contributed by atoms with Crippen molar-refractivity contribution >= 4 is 40.0 Å². The lowest BCUT2D eigenvalue weighted by atomic mass is 10.0. The van der Waals surface area contributed by atoms with Gasteiger partial charge in [-0.05, 0) is 82.3 Å². The van der Waals surface area contributed by atoms with E-state index in [9.17, 15) is 9.18 Å². The zero-order valence-electron chi connectivity index (χ0n) is 24.5. The summed E-state index contributed by atoms with van der Waals surface area (Å²) in [5, 5.41) is 7.66. The van der Waals surface area contributed by atoms with Gasteiger partial charge in [0.25, 0.3) is 0 Å². The van der Waals surface area contributed by atoms with Crippen LogP contribution in [-0.4, -0.2) is 88.9 Å². The van der Waals surface area contributed by atoms with Gasteiger partial charge in [0, 0.05) is 74.5 Å². The number of aromatic nitrogens is 3. The van der Waals surface area contributed by atoms with E-state index in [2.05, 4.69) is 63.3 Å². The number of H-pyrrole nitrogens is 1. The van der Waals surface area contributed by atoms with Gasteiger partial charge >= 0.3 is 0 Å². The van der Waals surface area contributed by atoms with Gasteiger partial charge < -0.3 is 30.3 Å². The zero-order valence-corrected chi connectivity index (χ0v) is 24.5. The zero-order chi connectivity index (χ0) is 29.2. The Bertz CT molecular complexity index is 1520. The lowest BCUT2D eigenvalue weighted by Crippen LogP contribution is -2.44. The van der Waals surface area contributed by atoms with Crippen LogP contribution in [0.2, 0.25) is 0 Å². The third kappa shape index (κ3) is 6.10. The van der Waals surface area contributed by atoms with Crippen LogP contribution in [0.15, 0.2) is 54.7 Å². The maximum absolute atomic E-state index is 13.5. The normalized spacial score (nSPS) is 17.2. The minimum absolute atomic E-state index is 0.206. The fraction of sp³-hybridized carbons (Fsp3) is 0.406. The first-order chi connectivity index (χ1) is 20.3. The molecule has 4 heterocycles. The number of halogens is 1. The summed E-state index contributed by atoms with van der Waals surface area (Å²) in [6.07, 6.45) is 3.63. The topological polar surface area (TPSA) is 92.4 Å². The molecule has 42 heavy (non-hydrogen) atoms. The number of fused-ring (bicyclic) bond motifs is 1. The number of piperazine rings is 1. The Balaban J connectivity index is 1.28. The molecule has 2 aliphatic heterocycles. The number of carbonyl (C=O) groups excluding carboxylic acids is 1. The third-order valence-corrected chi connectivity index (χ3v) is 8.48. The Morgan fingerprint density at radius 2 is 1.64 bits per heavy atom. The summed E-state index contributed by atoms with van der Waals surface area (Å²) in [4.78, 5) is 33.5. The number of benzene rings is 2. The molecule has 0 bridgehead atoms. The number of likely N-dealkylation sites (tertiary alicyclic amines) is 1. The van der Waals surface area contributed by atoms with Gasteiger partial charge in [-0.15, -0.1) is 0 Å². The molecule has 6 rings (SSSR count). The molecule has 0 spiro atoms.